The molecular weight excluding hydrogens is 384 g/mol. The largest absolute Gasteiger partial charge is 0.339 e. The van der Waals surface area contributed by atoms with Gasteiger partial charge < -0.3 is 9.80 Å². The van der Waals surface area contributed by atoms with E-state index in [-0.39, 0.29) is 19.2 Å². The molecule has 2 amide bonds. The quantitative estimate of drug-likeness (QED) is 0.664. The number of carbonyl (C=O) groups is 2. The summed E-state index contributed by atoms with van der Waals surface area (Å²) in [6.45, 7) is 2.22. The standard InChI is InChI=1S/C21H20N4O2S.CH4/c26-20(14-16-4-3-8-22-15-16)24-10-12-25(13-11-24)21(27)19-7-6-18(28-19)17-5-1-2-9-23-17;/h1-9,15H,10-14H2;1H4. The van der Waals surface area contributed by atoms with Crippen molar-refractivity contribution in [2.24, 2.45) is 0 Å². The fourth-order valence-electron chi connectivity index (χ4n) is 3.20. The van der Waals surface area contributed by atoms with Gasteiger partial charge in [0.15, 0.2) is 0 Å². The van der Waals surface area contributed by atoms with Crippen LogP contribution in [0.3, 0.4) is 0 Å². The van der Waals surface area contributed by atoms with Gasteiger partial charge in [-0.3, -0.25) is 19.6 Å². The Bertz CT molecular complexity index is 951. The van der Waals surface area contributed by atoms with Crippen molar-refractivity contribution in [3.05, 3.63) is 71.5 Å². The molecular formula is C22H24N4O2S. The zero-order valence-electron chi connectivity index (χ0n) is 15.3. The zero-order valence-corrected chi connectivity index (χ0v) is 16.1. The number of piperazine rings is 1. The van der Waals surface area contributed by atoms with E-state index in [0.717, 1.165) is 16.1 Å². The summed E-state index contributed by atoms with van der Waals surface area (Å²) in [5.41, 5.74) is 1.78. The number of pyridine rings is 2. The average Bonchev–Trinajstić information content (AvgIpc) is 3.25. The Morgan fingerprint density at radius 1 is 0.931 bits per heavy atom. The molecule has 0 saturated carbocycles. The number of hydrogen-bond acceptors (Lipinski definition) is 5. The van der Waals surface area contributed by atoms with Gasteiger partial charge in [-0.1, -0.05) is 19.6 Å². The number of nitrogens with zero attached hydrogens (tertiary/aromatic N) is 4. The van der Waals surface area contributed by atoms with E-state index < -0.39 is 0 Å². The number of aromatic nitrogens is 2. The molecule has 4 heterocycles. The van der Waals surface area contributed by atoms with E-state index in [4.69, 9.17) is 0 Å². The van der Waals surface area contributed by atoms with Crippen LogP contribution in [0, 0.1) is 0 Å². The number of hydrogen-bond donors (Lipinski definition) is 0. The van der Waals surface area contributed by atoms with Crippen molar-refractivity contribution in [3.8, 4) is 10.6 Å². The maximum atomic E-state index is 12.8. The van der Waals surface area contributed by atoms with Crippen LogP contribution in [-0.2, 0) is 11.2 Å². The summed E-state index contributed by atoms with van der Waals surface area (Å²) < 4.78 is 0. The molecule has 0 radical (unpaired) electrons. The number of carbonyl (C=O) groups excluding carboxylic acids is 2. The van der Waals surface area contributed by atoms with Crippen LogP contribution in [0.1, 0.15) is 22.7 Å². The first-order valence-corrected chi connectivity index (χ1v) is 9.99. The molecule has 0 aromatic carbocycles. The minimum atomic E-state index is 0. The second kappa shape index (κ2) is 9.43. The van der Waals surface area contributed by atoms with Crippen molar-refractivity contribution >= 4 is 23.2 Å². The zero-order chi connectivity index (χ0) is 19.3. The van der Waals surface area contributed by atoms with Gasteiger partial charge in [0.2, 0.25) is 5.91 Å². The fourth-order valence-corrected chi connectivity index (χ4v) is 4.15. The van der Waals surface area contributed by atoms with E-state index in [1.807, 2.05) is 52.3 Å². The summed E-state index contributed by atoms with van der Waals surface area (Å²) in [4.78, 5) is 39.0. The molecule has 7 heteroatoms. The lowest BCUT2D eigenvalue weighted by molar-refractivity contribution is -0.131. The van der Waals surface area contributed by atoms with Crippen molar-refractivity contribution in [3.63, 3.8) is 0 Å². The van der Waals surface area contributed by atoms with Gasteiger partial charge in [0.1, 0.15) is 0 Å². The van der Waals surface area contributed by atoms with Crippen LogP contribution < -0.4 is 0 Å². The Morgan fingerprint density at radius 2 is 1.72 bits per heavy atom. The Balaban J connectivity index is 0.00000240. The fraction of sp³-hybridized carbons (Fsp3) is 0.273. The van der Waals surface area contributed by atoms with Crippen molar-refractivity contribution in [2.45, 2.75) is 13.8 Å². The summed E-state index contributed by atoms with van der Waals surface area (Å²) >= 11 is 1.46. The van der Waals surface area contributed by atoms with E-state index in [9.17, 15) is 9.59 Å². The highest BCUT2D eigenvalue weighted by Gasteiger charge is 2.25. The lowest BCUT2D eigenvalue weighted by Crippen LogP contribution is -2.50. The van der Waals surface area contributed by atoms with Gasteiger partial charge in [0.05, 0.1) is 21.9 Å². The second-order valence-electron chi connectivity index (χ2n) is 6.59. The SMILES string of the molecule is C.O=C(Cc1cccnc1)N1CCN(C(=O)c2ccc(-c3ccccn3)s2)CC1. The predicted molar refractivity (Wildman–Crippen MR) is 115 cm³/mol. The first-order chi connectivity index (χ1) is 13.7. The smallest absolute Gasteiger partial charge is 0.264 e. The summed E-state index contributed by atoms with van der Waals surface area (Å²) in [5.74, 6) is 0.0974. The molecule has 1 saturated heterocycles. The molecule has 4 rings (SSSR count). The van der Waals surface area contributed by atoms with E-state index in [2.05, 4.69) is 9.97 Å². The van der Waals surface area contributed by atoms with Crippen LogP contribution in [0.4, 0.5) is 0 Å². The molecule has 3 aromatic heterocycles. The molecule has 29 heavy (non-hydrogen) atoms. The molecule has 3 aromatic rings. The van der Waals surface area contributed by atoms with Crippen LogP contribution >= 0.6 is 11.3 Å². The van der Waals surface area contributed by atoms with Crippen molar-refractivity contribution < 1.29 is 9.59 Å². The van der Waals surface area contributed by atoms with Crippen LogP contribution in [0.25, 0.3) is 10.6 Å². The highest BCUT2D eigenvalue weighted by Crippen LogP contribution is 2.27. The summed E-state index contributed by atoms with van der Waals surface area (Å²) in [7, 11) is 0. The van der Waals surface area contributed by atoms with Crippen LogP contribution in [0.2, 0.25) is 0 Å². The molecule has 150 valence electrons. The van der Waals surface area contributed by atoms with Crippen molar-refractivity contribution in [1.29, 1.82) is 0 Å². The summed E-state index contributed by atoms with van der Waals surface area (Å²) in [5, 5.41) is 0. The molecule has 0 bridgehead atoms. The number of thiophene rings is 1. The number of rotatable bonds is 4. The van der Waals surface area contributed by atoms with E-state index in [0.29, 0.717) is 37.5 Å². The molecule has 0 unspecified atom stereocenters. The Labute approximate surface area is 174 Å². The van der Waals surface area contributed by atoms with Crippen LogP contribution in [-0.4, -0.2) is 57.8 Å². The van der Waals surface area contributed by atoms with Crippen molar-refractivity contribution in [1.82, 2.24) is 19.8 Å². The van der Waals surface area contributed by atoms with E-state index in [1.54, 1.807) is 18.6 Å². The molecule has 0 atom stereocenters. The minimum Gasteiger partial charge on any atom is -0.339 e. The van der Waals surface area contributed by atoms with Gasteiger partial charge in [-0.15, -0.1) is 11.3 Å². The Hall–Kier alpha value is -3.06. The molecule has 0 spiro atoms. The third-order valence-electron chi connectivity index (χ3n) is 4.73. The highest BCUT2D eigenvalue weighted by atomic mass is 32.1. The second-order valence-corrected chi connectivity index (χ2v) is 7.67. The van der Waals surface area contributed by atoms with E-state index in [1.165, 1.54) is 11.3 Å². The van der Waals surface area contributed by atoms with Crippen LogP contribution in [0.5, 0.6) is 0 Å². The molecule has 1 aliphatic heterocycles. The van der Waals surface area contributed by atoms with Crippen molar-refractivity contribution in [2.75, 3.05) is 26.2 Å². The predicted octanol–water partition coefficient (Wildman–Crippen LogP) is 3.37. The first kappa shape index (κ1) is 20.7. The topological polar surface area (TPSA) is 66.4 Å². The highest BCUT2D eigenvalue weighted by molar-refractivity contribution is 7.17. The van der Waals surface area contributed by atoms with Gasteiger partial charge in [-0.2, -0.15) is 0 Å². The molecule has 6 nitrogen and oxygen atoms in total. The monoisotopic (exact) mass is 408 g/mol. The molecule has 1 fully saturated rings. The normalized spacial score (nSPS) is 13.7. The minimum absolute atomic E-state index is 0. The molecule has 1 aliphatic rings. The maximum Gasteiger partial charge on any atom is 0.264 e. The van der Waals surface area contributed by atoms with Gasteiger partial charge in [-0.05, 0) is 35.9 Å². The Kier molecular flexibility index (Phi) is 6.72. The molecule has 0 aliphatic carbocycles. The Morgan fingerprint density at radius 3 is 2.41 bits per heavy atom. The summed E-state index contributed by atoms with van der Waals surface area (Å²) in [6, 6.07) is 13.3. The van der Waals surface area contributed by atoms with Gasteiger partial charge in [0, 0.05) is 44.8 Å². The number of amides is 2. The molecule has 0 N–H and O–H groups in total. The van der Waals surface area contributed by atoms with Crippen LogP contribution in [0.15, 0.2) is 61.1 Å². The lowest BCUT2D eigenvalue weighted by Gasteiger charge is -2.34. The van der Waals surface area contributed by atoms with Gasteiger partial charge >= 0.3 is 0 Å². The first-order valence-electron chi connectivity index (χ1n) is 9.18. The van der Waals surface area contributed by atoms with Gasteiger partial charge in [0.25, 0.3) is 5.91 Å². The van der Waals surface area contributed by atoms with E-state index >= 15 is 0 Å². The maximum absolute atomic E-state index is 12.8. The third kappa shape index (κ3) is 4.86. The lowest BCUT2D eigenvalue weighted by atomic mass is 10.2. The summed E-state index contributed by atoms with van der Waals surface area (Å²) in [6.07, 6.45) is 5.51. The van der Waals surface area contributed by atoms with Gasteiger partial charge in [-0.25, -0.2) is 0 Å². The average molecular weight is 409 g/mol. The third-order valence-corrected chi connectivity index (χ3v) is 5.83.